The van der Waals surface area contributed by atoms with Crippen LogP contribution in [0, 0.1) is 5.92 Å². The van der Waals surface area contributed by atoms with E-state index in [1.165, 1.54) is 5.38 Å². The second kappa shape index (κ2) is 4.88. The van der Waals surface area contributed by atoms with Gasteiger partial charge in [-0.15, -0.1) is 11.3 Å². The Morgan fingerprint density at radius 3 is 2.73 bits per heavy atom. The molecule has 0 saturated carbocycles. The van der Waals surface area contributed by atoms with Crippen molar-refractivity contribution in [2.75, 3.05) is 12.3 Å². The Morgan fingerprint density at radius 2 is 2.27 bits per heavy atom. The maximum absolute atomic E-state index is 11.4. The highest BCUT2D eigenvalue weighted by Crippen LogP contribution is 2.12. The fourth-order valence-corrected chi connectivity index (χ4v) is 1.35. The molecule has 0 radical (unpaired) electrons. The van der Waals surface area contributed by atoms with E-state index >= 15 is 0 Å². The number of aromatic nitrogens is 1. The first-order valence-corrected chi connectivity index (χ1v) is 5.31. The molecule has 0 saturated heterocycles. The van der Waals surface area contributed by atoms with Gasteiger partial charge in [0.2, 0.25) is 0 Å². The molecular formula is C9H12N2O3S. The molecule has 5 nitrogen and oxygen atoms in total. The van der Waals surface area contributed by atoms with Gasteiger partial charge in [0, 0.05) is 5.38 Å². The maximum atomic E-state index is 11.4. The minimum atomic E-state index is -0.881. The fraction of sp³-hybridized carbons (Fsp3) is 0.444. The van der Waals surface area contributed by atoms with Crippen LogP contribution in [-0.2, 0) is 9.53 Å². The summed E-state index contributed by atoms with van der Waals surface area (Å²) in [5, 5.41) is 1.70. The topological polar surface area (TPSA) is 82.3 Å². The van der Waals surface area contributed by atoms with Gasteiger partial charge in [-0.1, -0.05) is 13.8 Å². The number of Topliss-reactive ketones (excluding diaryl/α,β-unsaturated/α-hetero) is 1. The number of nitrogens with two attached hydrogens (primary N) is 1. The van der Waals surface area contributed by atoms with Crippen molar-refractivity contribution in [3.8, 4) is 0 Å². The third kappa shape index (κ3) is 3.32. The van der Waals surface area contributed by atoms with E-state index in [0.717, 1.165) is 11.3 Å². The van der Waals surface area contributed by atoms with Gasteiger partial charge in [-0.3, -0.25) is 4.79 Å². The van der Waals surface area contributed by atoms with Crippen LogP contribution in [0.4, 0.5) is 5.13 Å². The van der Waals surface area contributed by atoms with E-state index in [0.29, 0.717) is 0 Å². The van der Waals surface area contributed by atoms with E-state index in [1.807, 2.05) is 13.8 Å². The second-order valence-electron chi connectivity index (χ2n) is 3.39. The Hall–Kier alpha value is -1.43. The van der Waals surface area contributed by atoms with Crippen molar-refractivity contribution in [3.63, 3.8) is 0 Å². The summed E-state index contributed by atoms with van der Waals surface area (Å²) < 4.78 is 4.76. The summed E-state index contributed by atoms with van der Waals surface area (Å²) in [4.78, 5) is 26.3. The Balaban J connectivity index is 2.57. The SMILES string of the molecule is CC(C)COC(=O)C(=O)c1csc(N)n1. The molecule has 0 fully saturated rings. The van der Waals surface area contributed by atoms with E-state index in [4.69, 9.17) is 10.5 Å². The number of thiazole rings is 1. The zero-order valence-electron chi connectivity index (χ0n) is 8.52. The van der Waals surface area contributed by atoms with Crippen LogP contribution < -0.4 is 5.73 Å². The van der Waals surface area contributed by atoms with Crippen LogP contribution in [0.1, 0.15) is 24.3 Å². The Labute approximate surface area is 91.3 Å². The highest BCUT2D eigenvalue weighted by Gasteiger charge is 2.20. The molecular weight excluding hydrogens is 216 g/mol. The highest BCUT2D eigenvalue weighted by molar-refractivity contribution is 7.13. The molecule has 0 aliphatic rings. The van der Waals surface area contributed by atoms with Crippen LogP contribution in [0.3, 0.4) is 0 Å². The summed E-state index contributed by atoms with van der Waals surface area (Å²) in [6.45, 7) is 4.00. The highest BCUT2D eigenvalue weighted by atomic mass is 32.1. The number of esters is 1. The predicted molar refractivity (Wildman–Crippen MR) is 56.7 cm³/mol. The fourth-order valence-electron chi connectivity index (χ4n) is 0.804. The van der Waals surface area contributed by atoms with Gasteiger partial charge in [0.25, 0.3) is 5.78 Å². The molecule has 0 aliphatic carbocycles. The number of carbonyl (C=O) groups is 2. The summed E-state index contributed by atoms with van der Waals surface area (Å²) in [5.74, 6) is -1.43. The van der Waals surface area contributed by atoms with Crippen LogP contribution in [0.25, 0.3) is 0 Å². The summed E-state index contributed by atoms with van der Waals surface area (Å²) in [5.41, 5.74) is 5.39. The number of anilines is 1. The van der Waals surface area contributed by atoms with E-state index < -0.39 is 11.8 Å². The second-order valence-corrected chi connectivity index (χ2v) is 4.28. The van der Waals surface area contributed by atoms with Gasteiger partial charge in [-0.2, -0.15) is 0 Å². The first-order valence-electron chi connectivity index (χ1n) is 4.43. The minimum absolute atomic E-state index is 0.0475. The third-order valence-corrected chi connectivity index (χ3v) is 2.16. The molecule has 1 aromatic heterocycles. The van der Waals surface area contributed by atoms with Gasteiger partial charge in [0.05, 0.1) is 6.61 Å². The Kier molecular flexibility index (Phi) is 3.79. The smallest absolute Gasteiger partial charge is 0.381 e. The standard InChI is InChI=1S/C9H12N2O3S/c1-5(2)3-14-8(13)7(12)6-4-15-9(10)11-6/h4-5H,3H2,1-2H3,(H2,10,11). The van der Waals surface area contributed by atoms with Gasteiger partial charge < -0.3 is 10.5 Å². The number of carbonyl (C=O) groups excluding carboxylic acids is 2. The largest absolute Gasteiger partial charge is 0.459 e. The minimum Gasteiger partial charge on any atom is -0.459 e. The summed E-state index contributed by atoms with van der Waals surface area (Å²) in [6, 6.07) is 0. The van der Waals surface area contributed by atoms with Crippen LogP contribution in [0.2, 0.25) is 0 Å². The average molecular weight is 228 g/mol. The van der Waals surface area contributed by atoms with E-state index in [9.17, 15) is 9.59 Å². The van der Waals surface area contributed by atoms with Gasteiger partial charge in [-0.05, 0) is 5.92 Å². The van der Waals surface area contributed by atoms with Crippen molar-refractivity contribution >= 4 is 28.2 Å². The number of nitrogens with zero attached hydrogens (tertiary/aromatic N) is 1. The van der Waals surface area contributed by atoms with Gasteiger partial charge in [0.1, 0.15) is 5.69 Å². The molecule has 0 bridgehead atoms. The van der Waals surface area contributed by atoms with Gasteiger partial charge in [0.15, 0.2) is 5.13 Å². The molecule has 0 unspecified atom stereocenters. The number of hydrogen-bond acceptors (Lipinski definition) is 6. The number of nitrogen functional groups attached to an aromatic ring is 1. The lowest BCUT2D eigenvalue weighted by Crippen LogP contribution is -2.20. The van der Waals surface area contributed by atoms with Gasteiger partial charge >= 0.3 is 5.97 Å². The molecule has 0 amide bonds. The lowest BCUT2D eigenvalue weighted by atomic mass is 10.2. The van der Waals surface area contributed by atoms with Crippen molar-refractivity contribution in [3.05, 3.63) is 11.1 Å². The molecule has 82 valence electrons. The lowest BCUT2D eigenvalue weighted by molar-refractivity contribution is -0.139. The zero-order valence-corrected chi connectivity index (χ0v) is 9.34. The predicted octanol–water partition coefficient (Wildman–Crippen LogP) is 1.11. The lowest BCUT2D eigenvalue weighted by Gasteiger charge is -2.04. The molecule has 0 atom stereocenters. The average Bonchev–Trinajstić information content (AvgIpc) is 2.60. The summed E-state index contributed by atoms with van der Waals surface area (Å²) >= 11 is 1.11. The zero-order chi connectivity index (χ0) is 11.4. The van der Waals surface area contributed by atoms with Crippen molar-refractivity contribution in [2.45, 2.75) is 13.8 Å². The van der Waals surface area contributed by atoms with Crippen molar-refractivity contribution in [2.24, 2.45) is 5.92 Å². The molecule has 0 aromatic carbocycles. The molecule has 6 heteroatoms. The normalized spacial score (nSPS) is 10.3. The molecule has 15 heavy (non-hydrogen) atoms. The number of ketones is 1. The molecule has 2 N–H and O–H groups in total. The van der Waals surface area contributed by atoms with Crippen LogP contribution in [-0.4, -0.2) is 23.3 Å². The Bertz CT molecular complexity index is 373. The van der Waals surface area contributed by atoms with Crippen LogP contribution in [0.15, 0.2) is 5.38 Å². The number of hydrogen-bond donors (Lipinski definition) is 1. The molecule has 1 rings (SSSR count). The first-order chi connectivity index (χ1) is 7.00. The summed E-state index contributed by atoms with van der Waals surface area (Å²) in [7, 11) is 0. The van der Waals surface area contributed by atoms with E-state index in [-0.39, 0.29) is 23.4 Å². The van der Waals surface area contributed by atoms with Crippen LogP contribution in [0.5, 0.6) is 0 Å². The number of rotatable bonds is 4. The maximum Gasteiger partial charge on any atom is 0.381 e. The monoisotopic (exact) mass is 228 g/mol. The van der Waals surface area contributed by atoms with Crippen molar-refractivity contribution in [1.29, 1.82) is 0 Å². The van der Waals surface area contributed by atoms with Crippen LogP contribution >= 0.6 is 11.3 Å². The van der Waals surface area contributed by atoms with Crippen molar-refractivity contribution < 1.29 is 14.3 Å². The van der Waals surface area contributed by atoms with Crippen molar-refractivity contribution in [1.82, 2.24) is 4.98 Å². The Morgan fingerprint density at radius 1 is 1.60 bits per heavy atom. The number of ether oxygens (including phenoxy) is 1. The molecule has 0 spiro atoms. The third-order valence-electron chi connectivity index (χ3n) is 1.49. The summed E-state index contributed by atoms with van der Waals surface area (Å²) in [6.07, 6.45) is 0. The van der Waals surface area contributed by atoms with E-state index in [2.05, 4.69) is 4.98 Å². The van der Waals surface area contributed by atoms with E-state index in [1.54, 1.807) is 0 Å². The molecule has 1 aromatic rings. The quantitative estimate of drug-likeness (QED) is 0.474. The molecule has 1 heterocycles. The molecule has 0 aliphatic heterocycles. The van der Waals surface area contributed by atoms with Gasteiger partial charge in [-0.25, -0.2) is 9.78 Å². The first kappa shape index (κ1) is 11.6.